The van der Waals surface area contributed by atoms with Crippen molar-refractivity contribution in [3.8, 4) is 5.75 Å². The normalized spacial score (nSPS) is 12.0. The minimum absolute atomic E-state index is 0.160. The van der Waals surface area contributed by atoms with Gasteiger partial charge in [-0.15, -0.1) is 0 Å². The van der Waals surface area contributed by atoms with Gasteiger partial charge in [0.25, 0.3) is 0 Å². The van der Waals surface area contributed by atoms with Gasteiger partial charge < -0.3 is 0 Å². The van der Waals surface area contributed by atoms with Gasteiger partial charge in [-0.1, -0.05) is 25.4 Å². The monoisotopic (exact) mass is 242 g/mol. The molecule has 1 aromatic rings. The third-order valence-electron chi connectivity index (χ3n) is 2.37. The Labute approximate surface area is 100 Å². The van der Waals surface area contributed by atoms with Crippen molar-refractivity contribution >= 4 is 17.6 Å². The lowest BCUT2D eigenvalue weighted by molar-refractivity contribution is -0.218. The summed E-state index contributed by atoms with van der Waals surface area (Å²) in [5, 5.41) is 0.623. The molecule has 1 rings (SSSR count). The second kappa shape index (κ2) is 5.75. The molecule has 0 aliphatic rings. The van der Waals surface area contributed by atoms with Gasteiger partial charge in [0.2, 0.25) is 0 Å². The molecule has 0 saturated heterocycles. The summed E-state index contributed by atoms with van der Waals surface area (Å²) in [7, 11) is 0. The standard InChI is InChI=1S/C12H15ClO3/c1-4-8(2)12(14)16-15-11-6-5-10(13)7-9(11)3/h5-8H,4H2,1-3H3. The number of hydrogen-bond donors (Lipinski definition) is 0. The lowest BCUT2D eigenvalue weighted by atomic mass is 10.1. The molecule has 1 aromatic carbocycles. The van der Waals surface area contributed by atoms with Crippen LogP contribution >= 0.6 is 11.6 Å². The van der Waals surface area contributed by atoms with E-state index in [0.717, 1.165) is 12.0 Å². The Kier molecular flexibility index (Phi) is 4.62. The fourth-order valence-electron chi connectivity index (χ4n) is 1.04. The van der Waals surface area contributed by atoms with E-state index in [1.807, 2.05) is 13.8 Å². The number of rotatable bonds is 4. The number of carbonyl (C=O) groups excluding carboxylic acids is 1. The number of carbonyl (C=O) groups is 1. The van der Waals surface area contributed by atoms with E-state index in [2.05, 4.69) is 0 Å². The Morgan fingerprint density at radius 2 is 2.19 bits per heavy atom. The molecule has 0 fully saturated rings. The molecule has 0 N–H and O–H groups in total. The van der Waals surface area contributed by atoms with Crippen molar-refractivity contribution in [3.05, 3.63) is 28.8 Å². The number of aryl methyl sites for hydroxylation is 1. The Morgan fingerprint density at radius 1 is 1.50 bits per heavy atom. The van der Waals surface area contributed by atoms with Crippen LogP contribution in [0.2, 0.25) is 5.02 Å². The average molecular weight is 243 g/mol. The van der Waals surface area contributed by atoms with E-state index < -0.39 is 0 Å². The molecular formula is C12H15ClO3. The highest BCUT2D eigenvalue weighted by molar-refractivity contribution is 6.30. The van der Waals surface area contributed by atoms with E-state index in [-0.39, 0.29) is 11.9 Å². The molecule has 0 aromatic heterocycles. The molecule has 0 amide bonds. The molecule has 0 saturated carbocycles. The lowest BCUT2D eigenvalue weighted by Crippen LogP contribution is -2.16. The first-order chi connectivity index (χ1) is 7.54. The summed E-state index contributed by atoms with van der Waals surface area (Å²) in [6.07, 6.45) is 0.724. The molecule has 3 nitrogen and oxygen atoms in total. The maximum atomic E-state index is 11.4. The maximum Gasteiger partial charge on any atom is 0.358 e. The Hall–Kier alpha value is -1.22. The van der Waals surface area contributed by atoms with Gasteiger partial charge in [0.05, 0.1) is 5.92 Å². The smallest absolute Gasteiger partial charge is 0.287 e. The van der Waals surface area contributed by atoms with E-state index in [1.165, 1.54) is 0 Å². The van der Waals surface area contributed by atoms with Crippen LogP contribution in [0, 0.1) is 12.8 Å². The quantitative estimate of drug-likeness (QED) is 0.599. The highest BCUT2D eigenvalue weighted by atomic mass is 35.5. The van der Waals surface area contributed by atoms with Crippen LogP contribution in [0.5, 0.6) is 5.75 Å². The number of halogens is 1. The molecule has 0 radical (unpaired) electrons. The van der Waals surface area contributed by atoms with Crippen molar-refractivity contribution in [1.82, 2.24) is 0 Å². The first-order valence-electron chi connectivity index (χ1n) is 5.19. The Morgan fingerprint density at radius 3 is 2.75 bits per heavy atom. The van der Waals surface area contributed by atoms with Crippen LogP contribution in [0.3, 0.4) is 0 Å². The minimum atomic E-state index is -0.364. The fraction of sp³-hybridized carbons (Fsp3) is 0.417. The summed E-state index contributed by atoms with van der Waals surface area (Å²) < 4.78 is 0. The van der Waals surface area contributed by atoms with Crippen molar-refractivity contribution in [2.45, 2.75) is 27.2 Å². The predicted octanol–water partition coefficient (Wildman–Crippen LogP) is 3.53. The summed E-state index contributed by atoms with van der Waals surface area (Å²) in [5.74, 6) is -0.0227. The van der Waals surface area contributed by atoms with Gasteiger partial charge in [0.1, 0.15) is 0 Å². The molecule has 4 heteroatoms. The third kappa shape index (κ3) is 3.42. The van der Waals surface area contributed by atoms with Crippen LogP contribution in [-0.2, 0) is 9.68 Å². The average Bonchev–Trinajstić information content (AvgIpc) is 2.26. The minimum Gasteiger partial charge on any atom is -0.287 e. The zero-order valence-corrected chi connectivity index (χ0v) is 10.4. The van der Waals surface area contributed by atoms with Crippen molar-refractivity contribution < 1.29 is 14.6 Å². The highest BCUT2D eigenvalue weighted by Gasteiger charge is 2.14. The molecule has 1 atom stereocenters. The van der Waals surface area contributed by atoms with Gasteiger partial charge >= 0.3 is 5.97 Å². The second-order valence-electron chi connectivity index (χ2n) is 3.70. The highest BCUT2D eigenvalue weighted by Crippen LogP contribution is 2.22. The van der Waals surface area contributed by atoms with E-state index in [0.29, 0.717) is 10.8 Å². The molecule has 88 valence electrons. The van der Waals surface area contributed by atoms with E-state index in [9.17, 15) is 4.79 Å². The lowest BCUT2D eigenvalue weighted by Gasteiger charge is -2.09. The zero-order chi connectivity index (χ0) is 12.1. The molecular weight excluding hydrogens is 228 g/mol. The predicted molar refractivity (Wildman–Crippen MR) is 62.4 cm³/mol. The molecule has 0 bridgehead atoms. The van der Waals surface area contributed by atoms with Gasteiger partial charge in [-0.2, -0.15) is 0 Å². The van der Waals surface area contributed by atoms with Crippen LogP contribution in [0.15, 0.2) is 18.2 Å². The van der Waals surface area contributed by atoms with Crippen LogP contribution in [0.1, 0.15) is 25.8 Å². The van der Waals surface area contributed by atoms with Gasteiger partial charge in [-0.3, -0.25) is 9.78 Å². The molecule has 0 heterocycles. The summed E-state index contributed by atoms with van der Waals surface area (Å²) in [6.45, 7) is 5.54. The van der Waals surface area contributed by atoms with Gasteiger partial charge in [0, 0.05) is 5.02 Å². The summed E-state index contributed by atoms with van der Waals surface area (Å²) in [5.41, 5.74) is 0.824. The second-order valence-corrected chi connectivity index (χ2v) is 4.14. The van der Waals surface area contributed by atoms with Gasteiger partial charge in [-0.25, -0.2) is 4.79 Å². The molecule has 0 spiro atoms. The number of hydrogen-bond acceptors (Lipinski definition) is 3. The largest absolute Gasteiger partial charge is 0.358 e. The molecule has 1 unspecified atom stereocenters. The van der Waals surface area contributed by atoms with Gasteiger partial charge in [0.15, 0.2) is 5.75 Å². The van der Waals surface area contributed by atoms with E-state index in [4.69, 9.17) is 21.4 Å². The maximum absolute atomic E-state index is 11.4. The fourth-order valence-corrected chi connectivity index (χ4v) is 1.27. The third-order valence-corrected chi connectivity index (χ3v) is 2.60. The van der Waals surface area contributed by atoms with E-state index >= 15 is 0 Å². The summed E-state index contributed by atoms with van der Waals surface area (Å²) in [6, 6.07) is 5.09. The van der Waals surface area contributed by atoms with Crippen molar-refractivity contribution in [3.63, 3.8) is 0 Å². The molecule has 16 heavy (non-hydrogen) atoms. The van der Waals surface area contributed by atoms with Crippen molar-refractivity contribution in [1.29, 1.82) is 0 Å². The van der Waals surface area contributed by atoms with Crippen LogP contribution in [0.4, 0.5) is 0 Å². The summed E-state index contributed by atoms with van der Waals surface area (Å²) >= 11 is 5.79. The van der Waals surface area contributed by atoms with Crippen LogP contribution in [0.25, 0.3) is 0 Å². The summed E-state index contributed by atoms with van der Waals surface area (Å²) in [4.78, 5) is 21.0. The van der Waals surface area contributed by atoms with E-state index in [1.54, 1.807) is 25.1 Å². The van der Waals surface area contributed by atoms with Crippen LogP contribution in [-0.4, -0.2) is 5.97 Å². The Bertz CT molecular complexity index is 377. The number of benzene rings is 1. The first kappa shape index (κ1) is 12.8. The SMILES string of the molecule is CCC(C)C(=O)OOc1ccc(Cl)cc1C. The zero-order valence-electron chi connectivity index (χ0n) is 9.62. The molecule has 0 aliphatic carbocycles. The van der Waals surface area contributed by atoms with Gasteiger partial charge in [-0.05, 0) is 37.1 Å². The van der Waals surface area contributed by atoms with Crippen LogP contribution < -0.4 is 4.89 Å². The van der Waals surface area contributed by atoms with Crippen molar-refractivity contribution in [2.75, 3.05) is 0 Å². The van der Waals surface area contributed by atoms with Crippen molar-refractivity contribution in [2.24, 2.45) is 5.92 Å². The first-order valence-corrected chi connectivity index (χ1v) is 5.57. The Balaban J connectivity index is 2.58. The topological polar surface area (TPSA) is 35.5 Å². The molecule has 0 aliphatic heterocycles.